The number of nitrogens with one attached hydrogen (secondary N) is 1. The van der Waals surface area contributed by atoms with E-state index in [1.54, 1.807) is 18.2 Å². The summed E-state index contributed by atoms with van der Waals surface area (Å²) in [5, 5.41) is 4.29. The zero-order valence-corrected chi connectivity index (χ0v) is 21.5. The van der Waals surface area contributed by atoms with Crippen molar-refractivity contribution in [2.24, 2.45) is 0 Å². The molecule has 0 amide bonds. The van der Waals surface area contributed by atoms with Crippen LogP contribution in [0.1, 0.15) is 37.7 Å². The molecule has 8 heteroatoms. The summed E-state index contributed by atoms with van der Waals surface area (Å²) in [5.41, 5.74) is 2.23. The Morgan fingerprint density at radius 1 is 1.09 bits per heavy atom. The molecule has 2 aromatic rings. The van der Waals surface area contributed by atoms with Gasteiger partial charge < -0.3 is 15.0 Å². The number of nitrogens with zero attached hydrogens (tertiary/aromatic N) is 1. The van der Waals surface area contributed by atoms with Gasteiger partial charge in [-0.2, -0.15) is 12.6 Å². The van der Waals surface area contributed by atoms with Crippen LogP contribution in [0.2, 0.25) is 10.0 Å². The van der Waals surface area contributed by atoms with Crippen LogP contribution >= 0.6 is 48.2 Å². The molecule has 1 aliphatic carbocycles. The minimum Gasteiger partial charge on any atom is -0.464 e. The summed E-state index contributed by atoms with van der Waals surface area (Å²) in [7, 11) is 2.06. The van der Waals surface area contributed by atoms with Gasteiger partial charge in [-0.15, -0.1) is 12.4 Å². The van der Waals surface area contributed by atoms with Gasteiger partial charge >= 0.3 is 5.97 Å². The second-order valence-electron chi connectivity index (χ2n) is 8.30. The van der Waals surface area contributed by atoms with Crippen LogP contribution in [0.15, 0.2) is 42.5 Å². The molecule has 0 radical (unpaired) electrons. The minimum absolute atomic E-state index is 0. The van der Waals surface area contributed by atoms with Gasteiger partial charge in [0, 0.05) is 23.5 Å². The quantitative estimate of drug-likeness (QED) is 0.283. The Labute approximate surface area is 212 Å². The molecule has 2 aromatic carbocycles. The highest BCUT2D eigenvalue weighted by atomic mass is 35.5. The maximum absolute atomic E-state index is 12.4. The lowest BCUT2D eigenvalue weighted by atomic mass is 9.88. The Kier molecular flexibility index (Phi) is 11.0. The van der Waals surface area contributed by atoms with Gasteiger partial charge in [-0.05, 0) is 43.7 Å². The molecular formula is C24H31Cl3N2O2S. The molecule has 1 fully saturated rings. The van der Waals surface area contributed by atoms with Crippen LogP contribution in [0, 0.1) is 0 Å². The van der Waals surface area contributed by atoms with Crippen LogP contribution in [-0.4, -0.2) is 42.4 Å². The molecule has 0 spiro atoms. The number of likely N-dealkylation sites (N-methyl/N-ethyl adjacent to an activating group) is 1. The number of anilines is 2. The van der Waals surface area contributed by atoms with Gasteiger partial charge in [0.2, 0.25) is 0 Å². The first kappa shape index (κ1) is 27.1. The first-order chi connectivity index (χ1) is 14.9. The Balaban J connectivity index is 0.00000363. The van der Waals surface area contributed by atoms with Gasteiger partial charge in [-0.3, -0.25) is 4.79 Å². The smallest absolute Gasteiger partial charge is 0.310 e. The van der Waals surface area contributed by atoms with Crippen LogP contribution in [0.5, 0.6) is 0 Å². The lowest BCUT2D eigenvalue weighted by Gasteiger charge is -2.36. The number of carbonyl (C=O) groups is 1. The van der Waals surface area contributed by atoms with Gasteiger partial charge in [-0.25, -0.2) is 0 Å². The van der Waals surface area contributed by atoms with E-state index >= 15 is 0 Å². The van der Waals surface area contributed by atoms with Crippen molar-refractivity contribution in [1.82, 2.24) is 4.90 Å². The average Bonchev–Trinajstić information content (AvgIpc) is 2.72. The van der Waals surface area contributed by atoms with Crippen molar-refractivity contribution in [1.29, 1.82) is 0 Å². The summed E-state index contributed by atoms with van der Waals surface area (Å²) in [4.78, 5) is 14.7. The summed E-state index contributed by atoms with van der Waals surface area (Å²) >= 11 is 17.4. The van der Waals surface area contributed by atoms with Crippen LogP contribution in [0.3, 0.4) is 0 Å². The number of hydrogen-bond donors (Lipinski definition) is 2. The second kappa shape index (κ2) is 13.0. The highest BCUT2D eigenvalue weighted by Crippen LogP contribution is 2.35. The van der Waals surface area contributed by atoms with Crippen molar-refractivity contribution in [3.05, 3.63) is 58.1 Å². The van der Waals surface area contributed by atoms with E-state index in [2.05, 4.69) is 17.3 Å². The molecular weight excluding hydrogens is 487 g/mol. The zero-order valence-electron chi connectivity index (χ0n) is 18.3. The fourth-order valence-electron chi connectivity index (χ4n) is 4.02. The Morgan fingerprint density at radius 2 is 1.75 bits per heavy atom. The molecule has 176 valence electrons. The van der Waals surface area contributed by atoms with Crippen molar-refractivity contribution in [2.75, 3.05) is 32.1 Å². The predicted molar refractivity (Wildman–Crippen MR) is 140 cm³/mol. The van der Waals surface area contributed by atoms with Gasteiger partial charge in [0.05, 0.1) is 22.2 Å². The molecule has 1 N–H and O–H groups in total. The lowest BCUT2D eigenvalue weighted by Crippen LogP contribution is -2.40. The van der Waals surface area contributed by atoms with Gasteiger partial charge in [0.25, 0.3) is 0 Å². The highest BCUT2D eigenvalue weighted by Gasteiger charge is 2.29. The third-order valence-electron chi connectivity index (χ3n) is 5.66. The number of thiol groups is 1. The van der Waals surface area contributed by atoms with Crippen LogP contribution in [-0.2, 0) is 16.0 Å². The SMILES string of the molecule is CN(CCOC(=O)Cc1ccccc1Nc1c(Cl)cccc1Cl)CC1(S)CCCCC1.Cl. The van der Waals surface area contributed by atoms with Crippen molar-refractivity contribution in [3.63, 3.8) is 0 Å². The number of benzene rings is 2. The second-order valence-corrected chi connectivity index (χ2v) is 10.1. The maximum Gasteiger partial charge on any atom is 0.310 e. The number of para-hydroxylation sites is 2. The highest BCUT2D eigenvalue weighted by molar-refractivity contribution is 7.81. The molecule has 1 aliphatic rings. The summed E-state index contributed by atoms with van der Waals surface area (Å²) in [6.07, 6.45) is 6.28. The third kappa shape index (κ3) is 8.03. The first-order valence-corrected chi connectivity index (χ1v) is 11.9. The fraction of sp³-hybridized carbons (Fsp3) is 0.458. The van der Waals surface area contributed by atoms with E-state index in [9.17, 15) is 4.79 Å². The maximum atomic E-state index is 12.4. The van der Waals surface area contributed by atoms with Crippen LogP contribution in [0.25, 0.3) is 0 Å². The van der Waals surface area contributed by atoms with E-state index in [0.29, 0.717) is 28.9 Å². The lowest BCUT2D eigenvalue weighted by molar-refractivity contribution is -0.143. The molecule has 32 heavy (non-hydrogen) atoms. The van der Waals surface area contributed by atoms with Gasteiger partial charge in [0.1, 0.15) is 6.61 Å². The number of esters is 1. The Bertz CT molecular complexity index is 871. The average molecular weight is 518 g/mol. The molecule has 1 saturated carbocycles. The van der Waals surface area contributed by atoms with E-state index in [1.165, 1.54) is 19.3 Å². The van der Waals surface area contributed by atoms with Crippen molar-refractivity contribution in [3.8, 4) is 0 Å². The number of carbonyl (C=O) groups excluding carboxylic acids is 1. The zero-order chi connectivity index (χ0) is 22.3. The number of rotatable bonds is 9. The van der Waals surface area contributed by atoms with E-state index in [-0.39, 0.29) is 29.5 Å². The van der Waals surface area contributed by atoms with E-state index in [1.807, 2.05) is 24.3 Å². The molecule has 0 bridgehead atoms. The number of hydrogen-bond acceptors (Lipinski definition) is 5. The fourth-order valence-corrected chi connectivity index (χ4v) is 5.07. The van der Waals surface area contributed by atoms with Gasteiger partial charge in [0.15, 0.2) is 0 Å². The third-order valence-corrected chi connectivity index (χ3v) is 6.88. The predicted octanol–water partition coefficient (Wildman–Crippen LogP) is 6.81. The molecule has 4 nitrogen and oxygen atoms in total. The molecule has 0 atom stereocenters. The summed E-state index contributed by atoms with van der Waals surface area (Å²) in [6, 6.07) is 12.9. The summed E-state index contributed by atoms with van der Waals surface area (Å²) in [5.74, 6) is -0.258. The summed E-state index contributed by atoms with van der Waals surface area (Å²) < 4.78 is 5.59. The molecule has 0 aliphatic heterocycles. The summed E-state index contributed by atoms with van der Waals surface area (Å²) in [6.45, 7) is 1.98. The molecule has 0 aromatic heterocycles. The van der Waals surface area contributed by atoms with E-state index in [4.69, 9.17) is 40.6 Å². The number of ether oxygens (including phenoxy) is 1. The molecule has 0 heterocycles. The van der Waals surface area contributed by atoms with E-state index in [0.717, 1.165) is 30.6 Å². The molecule has 0 unspecified atom stereocenters. The number of halogens is 3. The first-order valence-electron chi connectivity index (χ1n) is 10.7. The Hall–Kier alpha value is -1.11. The standard InChI is InChI=1S/C24H30Cl2N2O2S.ClH/c1-28(17-24(31)12-5-2-6-13-24)14-15-30-22(29)16-18-8-3-4-11-21(18)27-23-19(25)9-7-10-20(23)26;/h3-4,7-11,27,31H,2,5-6,12-17H2,1H3;1H. The van der Waals surface area contributed by atoms with E-state index < -0.39 is 0 Å². The van der Waals surface area contributed by atoms with Crippen molar-refractivity contribution in [2.45, 2.75) is 43.3 Å². The topological polar surface area (TPSA) is 41.6 Å². The van der Waals surface area contributed by atoms with Crippen molar-refractivity contribution >= 4 is 65.6 Å². The normalized spacial score (nSPS) is 15.2. The minimum atomic E-state index is -0.258. The molecule has 0 saturated heterocycles. The van der Waals surface area contributed by atoms with Crippen LogP contribution in [0.4, 0.5) is 11.4 Å². The van der Waals surface area contributed by atoms with Crippen LogP contribution < -0.4 is 5.32 Å². The monoisotopic (exact) mass is 516 g/mol. The Morgan fingerprint density at radius 3 is 2.44 bits per heavy atom. The molecule has 3 rings (SSSR count). The van der Waals surface area contributed by atoms with Crippen molar-refractivity contribution < 1.29 is 9.53 Å². The largest absolute Gasteiger partial charge is 0.464 e. The van der Waals surface area contributed by atoms with Gasteiger partial charge in [-0.1, -0.05) is 66.7 Å².